The van der Waals surface area contributed by atoms with Crippen LogP contribution in [0.1, 0.15) is 23.5 Å². The minimum atomic E-state index is -3.01. The Kier molecular flexibility index (Phi) is 9.71. The van der Waals surface area contributed by atoms with Crippen LogP contribution in [0.2, 0.25) is 5.02 Å². The average molecular weight is 574 g/mol. The van der Waals surface area contributed by atoms with Crippen molar-refractivity contribution in [2.75, 3.05) is 41.7 Å². The normalized spacial score (nSPS) is 14.0. The molecule has 0 spiro atoms. The topological polar surface area (TPSA) is 109 Å². The predicted molar refractivity (Wildman–Crippen MR) is 146 cm³/mol. The summed E-state index contributed by atoms with van der Waals surface area (Å²) in [6.45, 7) is 4.64. The van der Waals surface area contributed by atoms with Crippen LogP contribution in [0.4, 0.5) is 37.6 Å². The molecule has 0 radical (unpaired) electrons. The smallest absolute Gasteiger partial charge is 0.387 e. The monoisotopic (exact) mass is 573 g/mol. The summed E-state index contributed by atoms with van der Waals surface area (Å²) in [6, 6.07) is 7.20. The zero-order chi connectivity index (χ0) is 25.8. The van der Waals surface area contributed by atoms with Crippen LogP contribution in [0.15, 0.2) is 35.8 Å². The van der Waals surface area contributed by atoms with Crippen LogP contribution in [0.3, 0.4) is 0 Å². The molecule has 14 heteroatoms. The first kappa shape index (κ1) is 28.6. The first-order valence-corrected chi connectivity index (χ1v) is 12.5. The van der Waals surface area contributed by atoms with Gasteiger partial charge in [0.25, 0.3) is 5.91 Å². The number of ether oxygens (including phenoxy) is 1. The lowest BCUT2D eigenvalue weighted by Gasteiger charge is -2.38. The number of aromatic nitrogens is 2. The number of carbonyl (C=O) groups excluding carboxylic acids is 1. The molecule has 4 N–H and O–H groups in total. The number of nitrogens with one attached hydrogen (secondary N) is 2. The second kappa shape index (κ2) is 12.5. The van der Waals surface area contributed by atoms with Crippen LogP contribution in [-0.4, -0.2) is 59.6 Å². The van der Waals surface area contributed by atoms with Gasteiger partial charge in [0.1, 0.15) is 9.90 Å². The summed E-state index contributed by atoms with van der Waals surface area (Å²) in [5, 5.41) is 7.78. The minimum absolute atomic E-state index is 0. The number of rotatable bonds is 9. The number of carbonyl (C=O) groups is 1. The summed E-state index contributed by atoms with van der Waals surface area (Å²) in [5.41, 5.74) is 6.90. The van der Waals surface area contributed by atoms with Crippen LogP contribution >= 0.6 is 35.3 Å². The number of piperazine rings is 1. The highest BCUT2D eigenvalue weighted by atomic mass is 35.5. The SMILES string of the molecule is CC(C)N1CCN(c2ccc(Nc3ncc(Cl)c(Nc4ccsc4C(N)=O)n3)c(OC(F)F)c2)CC1.Cl. The van der Waals surface area contributed by atoms with Crippen LogP contribution in [0.25, 0.3) is 0 Å². The van der Waals surface area contributed by atoms with Crippen molar-refractivity contribution < 1.29 is 18.3 Å². The van der Waals surface area contributed by atoms with E-state index in [0.717, 1.165) is 31.9 Å². The largest absolute Gasteiger partial charge is 0.433 e. The summed E-state index contributed by atoms with van der Waals surface area (Å²) in [5.74, 6) is -0.313. The van der Waals surface area contributed by atoms with Gasteiger partial charge in [-0.1, -0.05) is 11.6 Å². The Morgan fingerprint density at radius 3 is 2.54 bits per heavy atom. The van der Waals surface area contributed by atoms with Crippen molar-refractivity contribution in [3.8, 4) is 5.75 Å². The maximum atomic E-state index is 13.2. The fraction of sp³-hybridized carbons (Fsp3) is 0.348. The molecule has 3 aromatic rings. The minimum Gasteiger partial charge on any atom is -0.433 e. The number of benzene rings is 1. The first-order valence-electron chi connectivity index (χ1n) is 11.2. The third-order valence-electron chi connectivity index (χ3n) is 5.72. The fourth-order valence-corrected chi connectivity index (χ4v) is 4.70. The lowest BCUT2D eigenvalue weighted by molar-refractivity contribution is -0.0493. The number of primary amides is 1. The number of nitrogens with two attached hydrogens (primary N) is 1. The van der Waals surface area contributed by atoms with Gasteiger partial charge in [-0.25, -0.2) is 4.98 Å². The van der Waals surface area contributed by atoms with Crippen molar-refractivity contribution in [2.24, 2.45) is 5.73 Å². The van der Waals surface area contributed by atoms with Gasteiger partial charge in [0.2, 0.25) is 5.95 Å². The van der Waals surface area contributed by atoms with Gasteiger partial charge >= 0.3 is 6.61 Å². The average Bonchev–Trinajstić information content (AvgIpc) is 3.30. The molecule has 3 heterocycles. The highest BCUT2D eigenvalue weighted by Crippen LogP contribution is 2.34. The quantitative estimate of drug-likeness (QED) is 0.315. The second-order valence-electron chi connectivity index (χ2n) is 8.34. The van der Waals surface area contributed by atoms with Crippen LogP contribution in [-0.2, 0) is 0 Å². The van der Waals surface area contributed by atoms with Crippen molar-refractivity contribution >= 4 is 70.1 Å². The maximum Gasteiger partial charge on any atom is 0.387 e. The Bertz CT molecular complexity index is 1220. The van der Waals surface area contributed by atoms with Crippen molar-refractivity contribution in [3.63, 3.8) is 0 Å². The molecule has 37 heavy (non-hydrogen) atoms. The van der Waals surface area contributed by atoms with Crippen LogP contribution in [0, 0.1) is 0 Å². The summed E-state index contributed by atoms with van der Waals surface area (Å²) in [6.07, 6.45) is 1.35. The molecule has 1 aliphatic heterocycles. The molecule has 0 unspecified atom stereocenters. The molecule has 1 saturated heterocycles. The summed E-state index contributed by atoms with van der Waals surface area (Å²) < 4.78 is 31.2. The Balaban J connectivity index is 0.00000380. The molecule has 0 saturated carbocycles. The van der Waals surface area contributed by atoms with Gasteiger partial charge in [-0.3, -0.25) is 9.69 Å². The molecule has 1 aliphatic rings. The second-order valence-corrected chi connectivity index (χ2v) is 9.67. The van der Waals surface area contributed by atoms with E-state index in [1.54, 1.807) is 23.6 Å². The Morgan fingerprint density at radius 2 is 1.89 bits per heavy atom. The van der Waals surface area contributed by atoms with Gasteiger partial charge < -0.3 is 26.0 Å². The fourth-order valence-electron chi connectivity index (χ4n) is 3.86. The molecule has 1 aromatic carbocycles. The molecular weight excluding hydrogens is 547 g/mol. The zero-order valence-corrected chi connectivity index (χ0v) is 22.5. The van der Waals surface area contributed by atoms with E-state index in [1.165, 1.54) is 17.5 Å². The summed E-state index contributed by atoms with van der Waals surface area (Å²) in [4.78, 5) is 24.9. The molecule has 0 aliphatic carbocycles. The number of halogens is 4. The lowest BCUT2D eigenvalue weighted by atomic mass is 10.2. The third-order valence-corrected chi connectivity index (χ3v) is 6.93. The van der Waals surface area contributed by atoms with Gasteiger partial charge in [-0.05, 0) is 37.4 Å². The predicted octanol–water partition coefficient (Wildman–Crippen LogP) is 5.33. The molecule has 9 nitrogen and oxygen atoms in total. The van der Waals surface area contributed by atoms with Gasteiger partial charge in [0.05, 0.1) is 17.6 Å². The van der Waals surface area contributed by atoms with E-state index in [-0.39, 0.29) is 40.6 Å². The number of hydrogen-bond acceptors (Lipinski definition) is 9. The van der Waals surface area contributed by atoms with Crippen LogP contribution in [0.5, 0.6) is 5.75 Å². The number of alkyl halides is 2. The summed E-state index contributed by atoms with van der Waals surface area (Å²) in [7, 11) is 0. The maximum absolute atomic E-state index is 13.2. The van der Waals surface area contributed by atoms with Gasteiger partial charge in [0, 0.05) is 44.0 Å². The molecule has 200 valence electrons. The number of nitrogens with zero attached hydrogens (tertiary/aromatic N) is 4. The molecule has 0 bridgehead atoms. The molecule has 4 rings (SSSR count). The molecule has 1 fully saturated rings. The van der Waals surface area contributed by atoms with Gasteiger partial charge in [-0.2, -0.15) is 13.8 Å². The number of anilines is 5. The van der Waals surface area contributed by atoms with Crippen molar-refractivity contribution in [1.82, 2.24) is 14.9 Å². The number of amides is 1. The Labute approximate surface area is 228 Å². The molecule has 1 amide bonds. The Morgan fingerprint density at radius 1 is 1.16 bits per heavy atom. The van der Waals surface area contributed by atoms with Crippen LogP contribution < -0.4 is 26.0 Å². The van der Waals surface area contributed by atoms with E-state index < -0.39 is 12.5 Å². The van der Waals surface area contributed by atoms with E-state index in [2.05, 4.69) is 44.2 Å². The van der Waals surface area contributed by atoms with Crippen molar-refractivity contribution in [3.05, 3.63) is 45.7 Å². The van der Waals surface area contributed by atoms with E-state index >= 15 is 0 Å². The third kappa shape index (κ3) is 7.10. The Hall–Kier alpha value is -2.93. The molecule has 0 atom stereocenters. The highest BCUT2D eigenvalue weighted by Gasteiger charge is 2.21. The number of hydrogen-bond donors (Lipinski definition) is 3. The lowest BCUT2D eigenvalue weighted by Crippen LogP contribution is -2.48. The molecular formula is C23H27Cl2F2N7O2S. The van der Waals surface area contributed by atoms with Crippen molar-refractivity contribution in [2.45, 2.75) is 26.5 Å². The molecule has 2 aromatic heterocycles. The highest BCUT2D eigenvalue weighted by molar-refractivity contribution is 7.12. The van der Waals surface area contributed by atoms with Crippen molar-refractivity contribution in [1.29, 1.82) is 0 Å². The number of thiophene rings is 1. The van der Waals surface area contributed by atoms with Gasteiger partial charge in [-0.15, -0.1) is 23.7 Å². The van der Waals surface area contributed by atoms with E-state index in [9.17, 15) is 13.6 Å². The summed E-state index contributed by atoms with van der Waals surface area (Å²) >= 11 is 7.40. The van der Waals surface area contributed by atoms with E-state index in [0.29, 0.717) is 16.6 Å². The van der Waals surface area contributed by atoms with E-state index in [1.807, 2.05) is 6.07 Å². The zero-order valence-electron chi connectivity index (χ0n) is 20.1. The first-order chi connectivity index (χ1) is 17.2. The van der Waals surface area contributed by atoms with Gasteiger partial charge in [0.15, 0.2) is 11.6 Å². The standard InChI is InChI=1S/C23H26ClF2N7O2S.ClH/c1-13(2)32-6-8-33(9-7-32)14-3-4-16(18(11-14)35-22(25)26)30-23-28-12-15(24)21(31-23)29-17-5-10-36-19(17)20(27)34;/h3-5,10-13,22H,6-9H2,1-2H3,(H2,27,34)(H2,28,29,30,31);1H. The van der Waals surface area contributed by atoms with E-state index in [4.69, 9.17) is 22.1 Å².